The van der Waals surface area contributed by atoms with E-state index in [0.717, 1.165) is 21.3 Å². The third-order valence-corrected chi connectivity index (χ3v) is 2.81. The van der Waals surface area contributed by atoms with Gasteiger partial charge in [0.25, 0.3) is 0 Å². The first-order valence-electron chi connectivity index (χ1n) is 4.06. The van der Waals surface area contributed by atoms with Crippen molar-refractivity contribution in [3.05, 3.63) is 16.9 Å². The number of aryl methyl sites for hydroxylation is 2. The van der Waals surface area contributed by atoms with Crippen LogP contribution in [0.4, 0.5) is 5.95 Å². The molecule has 2 heterocycles. The molecule has 0 amide bonds. The van der Waals surface area contributed by atoms with Crippen LogP contribution in [0.15, 0.2) is 6.20 Å². The van der Waals surface area contributed by atoms with Gasteiger partial charge < -0.3 is 5.73 Å². The fourth-order valence-electron chi connectivity index (χ4n) is 1.20. The molecule has 0 radical (unpaired) electrons. The lowest BCUT2D eigenvalue weighted by Gasteiger charge is -1.96. The fraction of sp³-hybridized carbons (Fsp3) is 0.250. The topological polar surface area (TPSA) is 77.6 Å². The van der Waals surface area contributed by atoms with Gasteiger partial charge in [-0.1, -0.05) is 0 Å². The first kappa shape index (κ1) is 9.01. The Morgan fingerprint density at radius 2 is 2.07 bits per heavy atom. The number of aromatic nitrogens is 4. The molecule has 6 heteroatoms. The quantitative estimate of drug-likeness (QED) is 0.760. The Hall–Kier alpha value is -1.56. The lowest BCUT2D eigenvalue weighted by Crippen LogP contribution is -1.97. The zero-order chi connectivity index (χ0) is 10.1. The molecular formula is C8H9N5S. The number of anilines is 1. The van der Waals surface area contributed by atoms with Crippen LogP contribution in [-0.2, 0) is 0 Å². The van der Waals surface area contributed by atoms with E-state index in [2.05, 4.69) is 20.2 Å². The highest BCUT2D eigenvalue weighted by molar-refractivity contribution is 7.15. The molecule has 0 saturated heterocycles. The van der Waals surface area contributed by atoms with Gasteiger partial charge in [-0.25, -0.2) is 9.97 Å². The zero-order valence-corrected chi connectivity index (χ0v) is 8.67. The summed E-state index contributed by atoms with van der Waals surface area (Å²) in [5.74, 6) is 0.188. The Bertz CT molecular complexity index is 465. The summed E-state index contributed by atoms with van der Waals surface area (Å²) in [7, 11) is 0. The van der Waals surface area contributed by atoms with Crippen LogP contribution in [0.3, 0.4) is 0 Å². The predicted octanol–water partition coefficient (Wildman–Crippen LogP) is 1.19. The van der Waals surface area contributed by atoms with Crippen LogP contribution in [-0.4, -0.2) is 20.2 Å². The summed E-state index contributed by atoms with van der Waals surface area (Å²) in [6, 6.07) is 0. The number of rotatable bonds is 1. The Balaban J connectivity index is 2.54. The van der Waals surface area contributed by atoms with Crippen molar-refractivity contribution in [2.75, 3.05) is 5.73 Å². The Labute approximate surface area is 85.0 Å². The average molecular weight is 207 g/mol. The summed E-state index contributed by atoms with van der Waals surface area (Å²) in [6.45, 7) is 3.90. The molecule has 2 aromatic heterocycles. The molecule has 0 saturated carbocycles. The molecule has 0 spiro atoms. The van der Waals surface area contributed by atoms with Crippen LogP contribution in [0.25, 0.3) is 10.6 Å². The first-order chi connectivity index (χ1) is 6.66. The van der Waals surface area contributed by atoms with Crippen LogP contribution in [0, 0.1) is 13.8 Å². The summed E-state index contributed by atoms with van der Waals surface area (Å²) in [6.07, 6.45) is 1.59. The molecule has 2 N–H and O–H groups in total. The Kier molecular flexibility index (Phi) is 2.12. The molecule has 0 atom stereocenters. The van der Waals surface area contributed by atoms with E-state index in [1.807, 2.05) is 13.8 Å². The van der Waals surface area contributed by atoms with Gasteiger partial charge >= 0.3 is 0 Å². The molecule has 2 rings (SSSR count). The minimum atomic E-state index is 0.188. The highest BCUT2D eigenvalue weighted by atomic mass is 32.1. The van der Waals surface area contributed by atoms with Gasteiger partial charge in [-0.05, 0) is 13.8 Å². The van der Waals surface area contributed by atoms with Gasteiger partial charge in [-0.3, -0.25) is 0 Å². The van der Waals surface area contributed by atoms with Gasteiger partial charge in [0.15, 0.2) is 0 Å². The van der Waals surface area contributed by atoms with Crippen molar-refractivity contribution in [2.24, 2.45) is 0 Å². The van der Waals surface area contributed by atoms with Crippen molar-refractivity contribution in [3.8, 4) is 10.6 Å². The van der Waals surface area contributed by atoms with E-state index in [0.29, 0.717) is 0 Å². The summed E-state index contributed by atoms with van der Waals surface area (Å²) in [5, 5.41) is 8.36. The van der Waals surface area contributed by atoms with Gasteiger partial charge in [-0.15, -0.1) is 16.4 Å². The van der Waals surface area contributed by atoms with Crippen molar-refractivity contribution >= 4 is 17.3 Å². The van der Waals surface area contributed by atoms with E-state index in [1.165, 1.54) is 0 Å². The normalized spacial score (nSPS) is 10.4. The maximum atomic E-state index is 5.45. The number of hydrogen-bond acceptors (Lipinski definition) is 6. The van der Waals surface area contributed by atoms with E-state index < -0.39 is 0 Å². The lowest BCUT2D eigenvalue weighted by atomic mass is 10.3. The molecule has 5 nitrogen and oxygen atoms in total. The second-order valence-electron chi connectivity index (χ2n) is 2.85. The molecule has 0 aromatic carbocycles. The molecule has 0 aliphatic heterocycles. The molecule has 0 bridgehead atoms. The van der Waals surface area contributed by atoms with Crippen molar-refractivity contribution in [3.63, 3.8) is 0 Å². The standard InChI is InChI=1S/C8H9N5S/c1-4-7(14-5(2)11-4)6-3-10-13-8(9)12-6/h3H,1-2H3,(H2,9,12,13). The van der Waals surface area contributed by atoms with Crippen LogP contribution in [0.5, 0.6) is 0 Å². The molecule has 0 fully saturated rings. The maximum Gasteiger partial charge on any atom is 0.240 e. The monoisotopic (exact) mass is 207 g/mol. The van der Waals surface area contributed by atoms with E-state index >= 15 is 0 Å². The second-order valence-corrected chi connectivity index (χ2v) is 4.05. The number of nitrogens with zero attached hydrogens (tertiary/aromatic N) is 4. The van der Waals surface area contributed by atoms with Gasteiger partial charge in [0.05, 0.1) is 21.8 Å². The van der Waals surface area contributed by atoms with E-state index in [1.54, 1.807) is 17.5 Å². The van der Waals surface area contributed by atoms with Gasteiger partial charge in [-0.2, -0.15) is 5.10 Å². The summed E-state index contributed by atoms with van der Waals surface area (Å²) >= 11 is 1.58. The second kappa shape index (κ2) is 3.30. The minimum Gasteiger partial charge on any atom is -0.366 e. The van der Waals surface area contributed by atoms with Crippen LogP contribution < -0.4 is 5.73 Å². The van der Waals surface area contributed by atoms with Crippen LogP contribution >= 0.6 is 11.3 Å². The SMILES string of the molecule is Cc1nc(C)c(-c2cnnc(N)n2)s1. The van der Waals surface area contributed by atoms with Crippen LogP contribution in [0.2, 0.25) is 0 Å². The summed E-state index contributed by atoms with van der Waals surface area (Å²) < 4.78 is 0. The highest BCUT2D eigenvalue weighted by Gasteiger charge is 2.09. The highest BCUT2D eigenvalue weighted by Crippen LogP contribution is 2.27. The Morgan fingerprint density at radius 1 is 1.29 bits per heavy atom. The average Bonchev–Trinajstić information content (AvgIpc) is 2.45. The molecule has 2 aromatic rings. The maximum absolute atomic E-state index is 5.45. The van der Waals surface area contributed by atoms with E-state index in [4.69, 9.17) is 5.73 Å². The molecule has 72 valence electrons. The third-order valence-electron chi connectivity index (χ3n) is 1.71. The first-order valence-corrected chi connectivity index (χ1v) is 4.88. The zero-order valence-electron chi connectivity index (χ0n) is 7.85. The van der Waals surface area contributed by atoms with Crippen molar-refractivity contribution in [2.45, 2.75) is 13.8 Å². The largest absolute Gasteiger partial charge is 0.366 e. The molecule has 0 unspecified atom stereocenters. The number of thiazole rings is 1. The van der Waals surface area contributed by atoms with E-state index in [-0.39, 0.29) is 5.95 Å². The van der Waals surface area contributed by atoms with Crippen molar-refractivity contribution in [1.29, 1.82) is 0 Å². The van der Waals surface area contributed by atoms with Gasteiger partial charge in [0.1, 0.15) is 5.69 Å². The Morgan fingerprint density at radius 3 is 2.64 bits per heavy atom. The van der Waals surface area contributed by atoms with Gasteiger partial charge in [0.2, 0.25) is 5.95 Å². The smallest absolute Gasteiger partial charge is 0.240 e. The molecule has 0 aliphatic carbocycles. The fourth-order valence-corrected chi connectivity index (χ4v) is 2.07. The molecule has 0 aliphatic rings. The number of nitrogens with two attached hydrogens (primary N) is 1. The lowest BCUT2D eigenvalue weighted by molar-refractivity contribution is 0.990. The number of nitrogen functional groups attached to an aromatic ring is 1. The summed E-state index contributed by atoms with van der Waals surface area (Å²) in [5.41, 5.74) is 7.14. The number of hydrogen-bond donors (Lipinski definition) is 1. The van der Waals surface area contributed by atoms with Crippen molar-refractivity contribution < 1.29 is 0 Å². The van der Waals surface area contributed by atoms with Crippen LogP contribution in [0.1, 0.15) is 10.7 Å². The van der Waals surface area contributed by atoms with Gasteiger partial charge in [0, 0.05) is 0 Å². The minimum absolute atomic E-state index is 0.188. The van der Waals surface area contributed by atoms with E-state index in [9.17, 15) is 0 Å². The molecular weight excluding hydrogens is 198 g/mol. The summed E-state index contributed by atoms with van der Waals surface area (Å²) in [4.78, 5) is 9.40. The third kappa shape index (κ3) is 1.56. The van der Waals surface area contributed by atoms with Crippen molar-refractivity contribution in [1.82, 2.24) is 20.2 Å². The predicted molar refractivity (Wildman–Crippen MR) is 54.8 cm³/mol. The molecule has 14 heavy (non-hydrogen) atoms.